The predicted octanol–water partition coefficient (Wildman–Crippen LogP) is 2.58. The number of thiophene rings is 1. The average molecular weight is 301 g/mol. The normalized spacial score (nSPS) is 12.5. The lowest BCUT2D eigenvalue weighted by Gasteiger charge is -2.08. The third kappa shape index (κ3) is 2.96. The summed E-state index contributed by atoms with van der Waals surface area (Å²) in [5.74, 6) is 1.23. The van der Waals surface area contributed by atoms with Crippen molar-refractivity contribution in [2.75, 3.05) is 0 Å². The fraction of sp³-hybridized carbons (Fsp3) is 0.200. The van der Waals surface area contributed by atoms with Crippen LogP contribution in [0.4, 0.5) is 0 Å². The smallest absolute Gasteiger partial charge is 0.268 e. The molecule has 0 fully saturated rings. The summed E-state index contributed by atoms with van der Waals surface area (Å²) in [5, 5.41) is 1.85. The summed E-state index contributed by atoms with van der Waals surface area (Å²) in [6.07, 6.45) is 0. The van der Waals surface area contributed by atoms with Crippen LogP contribution in [0.15, 0.2) is 40.5 Å². The van der Waals surface area contributed by atoms with E-state index in [0.29, 0.717) is 21.8 Å². The number of hydrogen-bond donors (Lipinski definition) is 2. The molecule has 108 valence electrons. The molecule has 1 aromatic carbocycles. The Bertz CT molecular complexity index is 806. The largest absolute Gasteiger partial charge is 0.486 e. The number of ether oxygens (including phenoxy) is 1. The van der Waals surface area contributed by atoms with Crippen LogP contribution >= 0.6 is 11.3 Å². The van der Waals surface area contributed by atoms with E-state index in [2.05, 4.69) is 9.97 Å². The van der Waals surface area contributed by atoms with E-state index >= 15 is 0 Å². The molecule has 0 saturated heterocycles. The average Bonchev–Trinajstić information content (AvgIpc) is 2.94. The first-order valence-electron chi connectivity index (χ1n) is 6.58. The number of rotatable bonds is 4. The lowest BCUT2D eigenvalue weighted by atomic mass is 10.1. The van der Waals surface area contributed by atoms with E-state index in [4.69, 9.17) is 10.5 Å². The van der Waals surface area contributed by atoms with Gasteiger partial charge >= 0.3 is 0 Å². The molecule has 0 aliphatic carbocycles. The maximum Gasteiger partial charge on any atom is 0.268 e. The Morgan fingerprint density at radius 3 is 2.81 bits per heavy atom. The summed E-state index contributed by atoms with van der Waals surface area (Å²) in [6.45, 7) is 2.15. The molecule has 0 saturated carbocycles. The van der Waals surface area contributed by atoms with Gasteiger partial charge in [0.2, 0.25) is 0 Å². The zero-order chi connectivity index (χ0) is 14.8. The van der Waals surface area contributed by atoms with Gasteiger partial charge in [0.05, 0.1) is 5.52 Å². The van der Waals surface area contributed by atoms with Crippen LogP contribution in [0.1, 0.15) is 24.4 Å². The van der Waals surface area contributed by atoms with E-state index in [-0.39, 0.29) is 18.2 Å². The molecule has 5 nitrogen and oxygen atoms in total. The van der Waals surface area contributed by atoms with Crippen molar-refractivity contribution in [1.29, 1.82) is 0 Å². The molecule has 21 heavy (non-hydrogen) atoms. The van der Waals surface area contributed by atoms with E-state index < -0.39 is 0 Å². The molecule has 0 bridgehead atoms. The Hall–Kier alpha value is -2.18. The molecule has 6 heteroatoms. The van der Waals surface area contributed by atoms with Crippen molar-refractivity contribution in [2.24, 2.45) is 5.73 Å². The van der Waals surface area contributed by atoms with Crippen molar-refractivity contribution in [2.45, 2.75) is 19.6 Å². The lowest BCUT2D eigenvalue weighted by Crippen LogP contribution is -2.12. The van der Waals surface area contributed by atoms with E-state index in [1.807, 2.05) is 42.6 Å². The number of nitrogens with one attached hydrogen (secondary N) is 1. The topological polar surface area (TPSA) is 81.0 Å². The summed E-state index contributed by atoms with van der Waals surface area (Å²) in [7, 11) is 0. The highest BCUT2D eigenvalue weighted by atomic mass is 32.1. The van der Waals surface area contributed by atoms with E-state index in [1.54, 1.807) is 0 Å². The minimum atomic E-state index is -0.124. The van der Waals surface area contributed by atoms with Gasteiger partial charge in [0, 0.05) is 6.04 Å². The molecule has 3 aromatic rings. The van der Waals surface area contributed by atoms with E-state index in [9.17, 15) is 4.79 Å². The first-order valence-corrected chi connectivity index (χ1v) is 7.46. The number of fused-ring (bicyclic) bond motifs is 1. The second-order valence-corrected chi connectivity index (χ2v) is 5.71. The van der Waals surface area contributed by atoms with Gasteiger partial charge in [-0.1, -0.05) is 12.1 Å². The first kappa shape index (κ1) is 13.8. The standard InChI is InChI=1S/C15H15N3O2S/c1-9(16)10-2-4-11(5-3-10)20-8-13-17-12-6-7-21-14(12)15(19)18-13/h2-7,9H,8,16H2,1H3,(H,17,18,19)/t9-/m0/s1. The third-order valence-corrected chi connectivity index (χ3v) is 4.05. The van der Waals surface area contributed by atoms with Crippen molar-refractivity contribution in [3.63, 3.8) is 0 Å². The molecule has 0 amide bonds. The van der Waals surface area contributed by atoms with Crippen molar-refractivity contribution < 1.29 is 4.74 Å². The highest BCUT2D eigenvalue weighted by molar-refractivity contribution is 7.17. The molecule has 0 unspecified atom stereocenters. The SMILES string of the molecule is C[C@H](N)c1ccc(OCc2nc3ccsc3c(=O)[nH]2)cc1. The van der Waals surface area contributed by atoms with Crippen molar-refractivity contribution >= 4 is 21.6 Å². The van der Waals surface area contributed by atoms with Gasteiger partial charge in [-0.25, -0.2) is 4.98 Å². The van der Waals surface area contributed by atoms with Crippen molar-refractivity contribution in [1.82, 2.24) is 9.97 Å². The maximum atomic E-state index is 11.8. The predicted molar refractivity (Wildman–Crippen MR) is 83.6 cm³/mol. The van der Waals surface area contributed by atoms with Crippen LogP contribution in [0, 0.1) is 0 Å². The summed E-state index contributed by atoms with van der Waals surface area (Å²) in [5.41, 5.74) is 7.43. The fourth-order valence-electron chi connectivity index (χ4n) is 2.01. The highest BCUT2D eigenvalue weighted by Gasteiger charge is 2.06. The van der Waals surface area contributed by atoms with Gasteiger partial charge < -0.3 is 15.5 Å². The van der Waals surface area contributed by atoms with Gasteiger partial charge in [-0.3, -0.25) is 4.79 Å². The number of nitrogens with two attached hydrogens (primary N) is 1. The van der Waals surface area contributed by atoms with Crippen LogP contribution in [0.3, 0.4) is 0 Å². The second kappa shape index (κ2) is 5.67. The van der Waals surface area contributed by atoms with Gasteiger partial charge in [-0.2, -0.15) is 0 Å². The van der Waals surface area contributed by atoms with Crippen LogP contribution in [0.25, 0.3) is 10.2 Å². The molecule has 0 radical (unpaired) electrons. The summed E-state index contributed by atoms with van der Waals surface area (Å²) in [4.78, 5) is 18.9. The van der Waals surface area contributed by atoms with Gasteiger partial charge in [0.1, 0.15) is 22.9 Å². The monoisotopic (exact) mass is 301 g/mol. The molecule has 2 aromatic heterocycles. The van der Waals surface area contributed by atoms with Crippen LogP contribution in [0.5, 0.6) is 5.75 Å². The van der Waals surface area contributed by atoms with Crippen LogP contribution in [-0.4, -0.2) is 9.97 Å². The molecule has 1 atom stereocenters. The summed E-state index contributed by atoms with van der Waals surface area (Å²) in [6, 6.07) is 9.41. The quantitative estimate of drug-likeness (QED) is 0.776. The molecular weight excluding hydrogens is 286 g/mol. The highest BCUT2D eigenvalue weighted by Crippen LogP contribution is 2.17. The Balaban J connectivity index is 1.75. The van der Waals surface area contributed by atoms with Crippen LogP contribution in [0.2, 0.25) is 0 Å². The summed E-state index contributed by atoms with van der Waals surface area (Å²) >= 11 is 1.38. The first-order chi connectivity index (χ1) is 10.1. The molecular formula is C15H15N3O2S. The molecule has 0 aliphatic heterocycles. The number of nitrogens with zero attached hydrogens (tertiary/aromatic N) is 1. The molecule has 3 N–H and O–H groups in total. The number of aromatic nitrogens is 2. The second-order valence-electron chi connectivity index (χ2n) is 4.79. The van der Waals surface area contributed by atoms with Crippen molar-refractivity contribution in [3.05, 3.63) is 57.5 Å². The lowest BCUT2D eigenvalue weighted by molar-refractivity contribution is 0.296. The third-order valence-electron chi connectivity index (χ3n) is 3.15. The van der Waals surface area contributed by atoms with Gasteiger partial charge in [-0.15, -0.1) is 11.3 Å². The number of benzene rings is 1. The minimum Gasteiger partial charge on any atom is -0.486 e. The Kier molecular flexibility index (Phi) is 3.72. The summed E-state index contributed by atoms with van der Waals surface area (Å²) < 4.78 is 6.28. The number of H-pyrrole nitrogens is 1. The van der Waals surface area contributed by atoms with Gasteiger partial charge in [0.25, 0.3) is 5.56 Å². The Morgan fingerprint density at radius 2 is 2.10 bits per heavy atom. The maximum absolute atomic E-state index is 11.8. The van der Waals surface area contributed by atoms with Gasteiger partial charge in [-0.05, 0) is 36.1 Å². The van der Waals surface area contributed by atoms with E-state index in [1.165, 1.54) is 11.3 Å². The number of hydrogen-bond acceptors (Lipinski definition) is 5. The zero-order valence-electron chi connectivity index (χ0n) is 11.5. The number of aromatic amines is 1. The Morgan fingerprint density at radius 1 is 1.33 bits per heavy atom. The Labute approximate surface area is 125 Å². The molecule has 0 spiro atoms. The van der Waals surface area contributed by atoms with E-state index in [0.717, 1.165) is 5.56 Å². The van der Waals surface area contributed by atoms with Crippen molar-refractivity contribution in [3.8, 4) is 5.75 Å². The molecule has 2 heterocycles. The fourth-order valence-corrected chi connectivity index (χ4v) is 2.73. The van der Waals surface area contributed by atoms with Crippen LogP contribution < -0.4 is 16.0 Å². The van der Waals surface area contributed by atoms with Gasteiger partial charge in [0.15, 0.2) is 0 Å². The minimum absolute atomic E-state index is 0.00179. The van der Waals surface area contributed by atoms with Crippen LogP contribution in [-0.2, 0) is 6.61 Å². The molecule has 0 aliphatic rings. The zero-order valence-corrected chi connectivity index (χ0v) is 12.3. The molecule has 3 rings (SSSR count).